The van der Waals surface area contributed by atoms with Crippen LogP contribution in [-0.2, 0) is 10.3 Å². The molecular formula is C19H24N2O3. The van der Waals surface area contributed by atoms with E-state index in [1.165, 1.54) is 0 Å². The van der Waals surface area contributed by atoms with Crippen molar-refractivity contribution < 1.29 is 14.3 Å². The summed E-state index contributed by atoms with van der Waals surface area (Å²) in [6.07, 6.45) is 0. The Morgan fingerprint density at radius 3 is 2.29 bits per heavy atom. The molecule has 0 radical (unpaired) electrons. The lowest BCUT2D eigenvalue weighted by Gasteiger charge is -2.26. The molecule has 0 saturated carbocycles. The van der Waals surface area contributed by atoms with Crippen molar-refractivity contribution in [3.8, 4) is 11.5 Å². The van der Waals surface area contributed by atoms with Crippen LogP contribution in [0.2, 0.25) is 0 Å². The van der Waals surface area contributed by atoms with Gasteiger partial charge in [-0.25, -0.2) is 0 Å². The van der Waals surface area contributed by atoms with E-state index in [9.17, 15) is 4.79 Å². The van der Waals surface area contributed by atoms with Crippen molar-refractivity contribution in [2.45, 2.75) is 25.4 Å². The summed E-state index contributed by atoms with van der Waals surface area (Å²) < 4.78 is 10.5. The zero-order valence-corrected chi connectivity index (χ0v) is 14.5. The van der Waals surface area contributed by atoms with Crippen LogP contribution < -0.4 is 20.5 Å². The van der Waals surface area contributed by atoms with Crippen LogP contribution >= 0.6 is 0 Å². The van der Waals surface area contributed by atoms with Crippen LogP contribution in [0.4, 0.5) is 0 Å². The Labute approximate surface area is 142 Å². The monoisotopic (exact) mass is 328 g/mol. The van der Waals surface area contributed by atoms with Crippen molar-refractivity contribution in [3.05, 3.63) is 59.7 Å². The number of benzene rings is 2. The van der Waals surface area contributed by atoms with Crippen molar-refractivity contribution in [1.29, 1.82) is 0 Å². The second-order valence-electron chi connectivity index (χ2n) is 5.88. The summed E-state index contributed by atoms with van der Waals surface area (Å²) in [7, 11) is 3.17. The average Bonchev–Trinajstić information content (AvgIpc) is 2.61. The van der Waals surface area contributed by atoms with Gasteiger partial charge in [0, 0.05) is 0 Å². The molecule has 5 heteroatoms. The van der Waals surface area contributed by atoms with E-state index in [-0.39, 0.29) is 11.9 Å². The quantitative estimate of drug-likeness (QED) is 0.855. The maximum Gasteiger partial charge on any atom is 0.244 e. The van der Waals surface area contributed by atoms with Gasteiger partial charge in [0.25, 0.3) is 0 Å². The molecule has 3 N–H and O–H groups in total. The Bertz CT molecular complexity index is 699. The Morgan fingerprint density at radius 2 is 1.71 bits per heavy atom. The predicted molar refractivity (Wildman–Crippen MR) is 94.1 cm³/mol. The minimum Gasteiger partial charge on any atom is -0.493 e. The Kier molecular flexibility index (Phi) is 5.46. The molecule has 0 saturated heterocycles. The maximum absolute atomic E-state index is 12.6. The fraction of sp³-hybridized carbons (Fsp3) is 0.316. The minimum absolute atomic E-state index is 0.219. The van der Waals surface area contributed by atoms with E-state index < -0.39 is 5.54 Å². The summed E-state index contributed by atoms with van der Waals surface area (Å²) in [5, 5.41) is 2.96. The van der Waals surface area contributed by atoms with Gasteiger partial charge in [-0.1, -0.05) is 36.4 Å². The summed E-state index contributed by atoms with van der Waals surface area (Å²) >= 11 is 0. The fourth-order valence-electron chi connectivity index (χ4n) is 2.47. The maximum atomic E-state index is 12.6. The number of hydrogen-bond acceptors (Lipinski definition) is 4. The number of amides is 1. The number of rotatable bonds is 6. The van der Waals surface area contributed by atoms with Gasteiger partial charge in [0.1, 0.15) is 5.54 Å². The average molecular weight is 328 g/mol. The Hall–Kier alpha value is -2.53. The van der Waals surface area contributed by atoms with Crippen LogP contribution in [0.5, 0.6) is 11.5 Å². The summed E-state index contributed by atoms with van der Waals surface area (Å²) in [6.45, 7) is 3.61. The molecule has 0 aromatic heterocycles. The molecule has 2 atom stereocenters. The van der Waals surface area contributed by atoms with E-state index in [4.69, 9.17) is 15.2 Å². The highest BCUT2D eigenvalue weighted by Gasteiger charge is 2.31. The second kappa shape index (κ2) is 7.36. The van der Waals surface area contributed by atoms with Gasteiger partial charge >= 0.3 is 0 Å². The Balaban J connectivity index is 2.17. The van der Waals surface area contributed by atoms with Gasteiger partial charge in [-0.3, -0.25) is 4.79 Å². The summed E-state index contributed by atoms with van der Waals surface area (Å²) in [4.78, 5) is 12.6. The molecule has 2 rings (SSSR count). The van der Waals surface area contributed by atoms with Crippen molar-refractivity contribution >= 4 is 5.91 Å². The number of methoxy groups -OCH3 is 2. The number of nitrogens with two attached hydrogens (primary N) is 1. The van der Waals surface area contributed by atoms with Gasteiger partial charge < -0.3 is 20.5 Å². The van der Waals surface area contributed by atoms with E-state index >= 15 is 0 Å². The zero-order valence-electron chi connectivity index (χ0n) is 14.5. The van der Waals surface area contributed by atoms with Crippen molar-refractivity contribution in [3.63, 3.8) is 0 Å². The molecule has 0 bridgehead atoms. The van der Waals surface area contributed by atoms with E-state index in [1.807, 2.05) is 55.5 Å². The summed E-state index contributed by atoms with van der Waals surface area (Å²) in [5.74, 6) is 1.03. The van der Waals surface area contributed by atoms with Gasteiger partial charge in [-0.05, 0) is 37.1 Å². The largest absolute Gasteiger partial charge is 0.493 e. The van der Waals surface area contributed by atoms with Gasteiger partial charge in [-0.15, -0.1) is 0 Å². The smallest absolute Gasteiger partial charge is 0.244 e. The molecule has 0 aliphatic carbocycles. The van der Waals surface area contributed by atoms with Crippen LogP contribution in [0.15, 0.2) is 48.5 Å². The molecule has 0 aliphatic rings. The summed E-state index contributed by atoms with van der Waals surface area (Å²) in [5.41, 5.74) is 6.82. The topological polar surface area (TPSA) is 73.6 Å². The van der Waals surface area contributed by atoms with Crippen LogP contribution in [0, 0.1) is 0 Å². The highest BCUT2D eigenvalue weighted by molar-refractivity contribution is 5.87. The number of carbonyl (C=O) groups excluding carboxylic acids is 1. The third-order valence-corrected chi connectivity index (χ3v) is 4.10. The van der Waals surface area contributed by atoms with E-state index in [2.05, 4.69) is 5.32 Å². The number of hydrogen-bond donors (Lipinski definition) is 2. The lowest BCUT2D eigenvalue weighted by molar-refractivity contribution is -0.126. The van der Waals surface area contributed by atoms with Gasteiger partial charge in [0.05, 0.1) is 20.3 Å². The van der Waals surface area contributed by atoms with E-state index in [0.29, 0.717) is 11.5 Å². The molecule has 0 aliphatic heterocycles. The highest BCUT2D eigenvalue weighted by atomic mass is 16.5. The van der Waals surface area contributed by atoms with Crippen LogP contribution in [0.1, 0.15) is 31.0 Å². The standard InChI is InChI=1S/C19H24N2O3/c1-13(14-10-11-16(23-3)17(12-14)24-4)21-18(22)19(2,20)15-8-6-5-7-9-15/h5-13H,20H2,1-4H3,(H,21,22). The van der Waals surface area contributed by atoms with Crippen LogP contribution in [0.25, 0.3) is 0 Å². The molecule has 2 unspecified atom stereocenters. The zero-order chi connectivity index (χ0) is 17.7. The first-order chi connectivity index (χ1) is 11.4. The molecule has 5 nitrogen and oxygen atoms in total. The molecule has 0 spiro atoms. The lowest BCUT2D eigenvalue weighted by Crippen LogP contribution is -2.49. The SMILES string of the molecule is COc1ccc(C(C)NC(=O)C(C)(N)c2ccccc2)cc1OC. The first-order valence-electron chi connectivity index (χ1n) is 7.77. The van der Waals surface area contributed by atoms with Gasteiger partial charge in [0.2, 0.25) is 5.91 Å². The van der Waals surface area contributed by atoms with E-state index in [0.717, 1.165) is 11.1 Å². The van der Waals surface area contributed by atoms with Crippen molar-refractivity contribution in [2.24, 2.45) is 5.73 Å². The van der Waals surface area contributed by atoms with Crippen LogP contribution in [-0.4, -0.2) is 20.1 Å². The predicted octanol–water partition coefficient (Wildman–Crippen LogP) is 2.76. The first kappa shape index (κ1) is 17.8. The number of carbonyl (C=O) groups is 1. The molecule has 0 heterocycles. The number of ether oxygens (including phenoxy) is 2. The molecule has 128 valence electrons. The third-order valence-electron chi connectivity index (χ3n) is 4.10. The first-order valence-corrected chi connectivity index (χ1v) is 7.77. The van der Waals surface area contributed by atoms with Gasteiger partial charge in [0.15, 0.2) is 11.5 Å². The molecule has 1 amide bonds. The molecule has 2 aromatic carbocycles. The van der Waals surface area contributed by atoms with Crippen molar-refractivity contribution in [2.75, 3.05) is 14.2 Å². The number of nitrogens with one attached hydrogen (secondary N) is 1. The minimum atomic E-state index is -1.11. The third kappa shape index (κ3) is 3.68. The lowest BCUT2D eigenvalue weighted by atomic mass is 9.91. The fourth-order valence-corrected chi connectivity index (χ4v) is 2.47. The molecule has 0 fully saturated rings. The Morgan fingerprint density at radius 1 is 1.08 bits per heavy atom. The normalized spacial score (nSPS) is 14.4. The molecular weight excluding hydrogens is 304 g/mol. The molecule has 2 aromatic rings. The molecule has 24 heavy (non-hydrogen) atoms. The van der Waals surface area contributed by atoms with Crippen LogP contribution in [0.3, 0.4) is 0 Å². The van der Waals surface area contributed by atoms with Crippen molar-refractivity contribution in [1.82, 2.24) is 5.32 Å². The summed E-state index contributed by atoms with van der Waals surface area (Å²) in [6, 6.07) is 14.7. The van der Waals surface area contributed by atoms with E-state index in [1.54, 1.807) is 21.1 Å². The second-order valence-corrected chi connectivity index (χ2v) is 5.88. The highest BCUT2D eigenvalue weighted by Crippen LogP contribution is 2.30. The van der Waals surface area contributed by atoms with Gasteiger partial charge in [-0.2, -0.15) is 0 Å².